The molecule has 0 spiro atoms. The molecule has 1 saturated carbocycles. The number of anilines is 1. The van der Waals surface area contributed by atoms with Gasteiger partial charge in [-0.05, 0) is 31.0 Å². The first-order chi connectivity index (χ1) is 10.0. The van der Waals surface area contributed by atoms with Gasteiger partial charge in [0.05, 0.1) is 11.8 Å². The van der Waals surface area contributed by atoms with E-state index in [1.54, 1.807) is 18.2 Å². The molecule has 1 aliphatic carbocycles. The van der Waals surface area contributed by atoms with Crippen LogP contribution in [0.2, 0.25) is 10.0 Å². The molecule has 1 aliphatic rings. The molecular formula is C14H14Cl2N2O3. The largest absolute Gasteiger partial charge is 0.326 e. The second-order valence-corrected chi connectivity index (χ2v) is 5.95. The van der Waals surface area contributed by atoms with E-state index in [-0.39, 0.29) is 5.91 Å². The Hall–Kier alpha value is -1.46. The molecule has 2 amide bonds. The number of amides is 2. The van der Waals surface area contributed by atoms with Crippen molar-refractivity contribution in [1.82, 2.24) is 0 Å². The third kappa shape index (κ3) is 4.02. The van der Waals surface area contributed by atoms with Crippen LogP contribution in [0.15, 0.2) is 23.4 Å². The summed E-state index contributed by atoms with van der Waals surface area (Å²) in [5, 5.41) is 5.98. The van der Waals surface area contributed by atoms with Gasteiger partial charge in [0.1, 0.15) is 0 Å². The number of carbonyl (C=O) groups excluding carboxylic acids is 2. The van der Waals surface area contributed by atoms with E-state index in [0.717, 1.165) is 12.8 Å². The molecule has 7 heteroatoms. The molecule has 21 heavy (non-hydrogen) atoms. The fraction of sp³-hybridized carbons (Fsp3) is 0.429. The monoisotopic (exact) mass is 328 g/mol. The Morgan fingerprint density at radius 1 is 1.05 bits per heavy atom. The molecule has 112 valence electrons. The van der Waals surface area contributed by atoms with Gasteiger partial charge in [0.2, 0.25) is 5.91 Å². The van der Waals surface area contributed by atoms with E-state index in [1.807, 2.05) is 0 Å². The van der Waals surface area contributed by atoms with Crippen LogP contribution >= 0.6 is 23.2 Å². The molecule has 1 fully saturated rings. The summed E-state index contributed by atoms with van der Waals surface area (Å²) in [4.78, 5) is 34.3. The molecule has 0 radical (unpaired) electrons. The number of hydrogen-bond acceptors (Lipinski definition) is 3. The highest BCUT2D eigenvalue weighted by Crippen LogP contribution is 2.32. The molecule has 2 rings (SSSR count). The highest BCUT2D eigenvalue weighted by atomic mass is 35.5. The predicted molar refractivity (Wildman–Crippen MR) is 81.3 cm³/mol. The minimum Gasteiger partial charge on any atom is -0.326 e. The van der Waals surface area contributed by atoms with Crippen molar-refractivity contribution in [2.75, 3.05) is 5.32 Å². The molecule has 0 heterocycles. The Morgan fingerprint density at radius 3 is 2.19 bits per heavy atom. The highest BCUT2D eigenvalue weighted by molar-refractivity contribution is 6.35. The van der Waals surface area contributed by atoms with Crippen LogP contribution in [0.3, 0.4) is 0 Å². The molecule has 1 aromatic rings. The summed E-state index contributed by atoms with van der Waals surface area (Å²) in [5.74, 6) is -2.23. The summed E-state index contributed by atoms with van der Waals surface area (Å²) < 4.78 is 0. The third-order valence-electron chi connectivity index (χ3n) is 3.64. The minimum atomic E-state index is -0.751. The van der Waals surface area contributed by atoms with Gasteiger partial charge in [0.15, 0.2) is 0 Å². The van der Waals surface area contributed by atoms with Gasteiger partial charge < -0.3 is 5.32 Å². The fourth-order valence-electron chi connectivity index (χ4n) is 2.67. The van der Waals surface area contributed by atoms with Gasteiger partial charge in [-0.3, -0.25) is 9.59 Å². The average Bonchev–Trinajstić information content (AvgIpc) is 2.45. The molecule has 2 unspecified atom stereocenters. The summed E-state index contributed by atoms with van der Waals surface area (Å²) >= 11 is 11.7. The zero-order chi connectivity index (χ0) is 15.4. The molecule has 0 aromatic heterocycles. The van der Waals surface area contributed by atoms with Gasteiger partial charge >= 0.3 is 0 Å². The van der Waals surface area contributed by atoms with Crippen LogP contribution in [-0.4, -0.2) is 11.8 Å². The SMILES string of the molecule is O=NC(=O)C1CCCCC1C(=O)Nc1cc(Cl)cc(Cl)c1. The summed E-state index contributed by atoms with van der Waals surface area (Å²) in [6, 6.07) is 4.70. The Balaban J connectivity index is 2.13. The van der Waals surface area contributed by atoms with Crippen molar-refractivity contribution in [3.05, 3.63) is 33.2 Å². The van der Waals surface area contributed by atoms with Crippen LogP contribution in [0.5, 0.6) is 0 Å². The first-order valence-electron chi connectivity index (χ1n) is 6.65. The van der Waals surface area contributed by atoms with Crippen molar-refractivity contribution in [3.8, 4) is 0 Å². The lowest BCUT2D eigenvalue weighted by atomic mass is 9.78. The van der Waals surface area contributed by atoms with Crippen LogP contribution in [-0.2, 0) is 9.59 Å². The highest BCUT2D eigenvalue weighted by Gasteiger charge is 2.36. The molecule has 1 aromatic carbocycles. The molecule has 0 aliphatic heterocycles. The quantitative estimate of drug-likeness (QED) is 0.851. The van der Waals surface area contributed by atoms with Gasteiger partial charge in [-0.15, -0.1) is 4.91 Å². The topological polar surface area (TPSA) is 75.6 Å². The van der Waals surface area contributed by atoms with Crippen molar-refractivity contribution in [3.63, 3.8) is 0 Å². The van der Waals surface area contributed by atoms with E-state index in [1.165, 1.54) is 0 Å². The third-order valence-corrected chi connectivity index (χ3v) is 4.08. The Bertz CT molecular complexity index is 557. The molecule has 0 saturated heterocycles. The minimum absolute atomic E-state index is 0.310. The van der Waals surface area contributed by atoms with Crippen molar-refractivity contribution in [1.29, 1.82) is 0 Å². The maximum atomic E-state index is 12.3. The number of benzene rings is 1. The van der Waals surface area contributed by atoms with Crippen LogP contribution in [0.1, 0.15) is 25.7 Å². The van der Waals surface area contributed by atoms with Gasteiger partial charge in [-0.2, -0.15) is 0 Å². The van der Waals surface area contributed by atoms with E-state index < -0.39 is 17.7 Å². The van der Waals surface area contributed by atoms with Gasteiger partial charge in [-0.1, -0.05) is 36.0 Å². The molecule has 1 N–H and O–H groups in total. The number of rotatable bonds is 3. The van der Waals surface area contributed by atoms with Gasteiger partial charge in [0, 0.05) is 20.9 Å². The summed E-state index contributed by atoms with van der Waals surface area (Å²) in [7, 11) is 0. The molecule has 0 bridgehead atoms. The Morgan fingerprint density at radius 2 is 1.62 bits per heavy atom. The summed E-state index contributed by atoms with van der Waals surface area (Å²) in [6.07, 6.45) is 2.74. The van der Waals surface area contributed by atoms with E-state index in [0.29, 0.717) is 28.6 Å². The average molecular weight is 329 g/mol. The second kappa shape index (κ2) is 7.00. The van der Waals surface area contributed by atoms with Gasteiger partial charge in [-0.25, -0.2) is 0 Å². The molecule has 2 atom stereocenters. The van der Waals surface area contributed by atoms with Crippen LogP contribution in [0.4, 0.5) is 5.69 Å². The first-order valence-corrected chi connectivity index (χ1v) is 7.41. The van der Waals surface area contributed by atoms with Crippen LogP contribution in [0.25, 0.3) is 0 Å². The van der Waals surface area contributed by atoms with E-state index in [9.17, 15) is 14.5 Å². The second-order valence-electron chi connectivity index (χ2n) is 5.07. The number of nitrogens with zero attached hydrogens (tertiary/aromatic N) is 1. The zero-order valence-electron chi connectivity index (χ0n) is 11.1. The number of halogens is 2. The number of nitrogens with one attached hydrogen (secondary N) is 1. The standard InChI is InChI=1S/C14H14Cl2N2O3/c15-8-5-9(16)7-10(6-8)17-13(19)11-3-1-2-4-12(11)14(20)18-21/h5-7,11-12H,1-4H2,(H,17,19). The Labute approximate surface area is 132 Å². The summed E-state index contributed by atoms with van der Waals surface area (Å²) in [5.41, 5.74) is 0.466. The smallest absolute Gasteiger partial charge is 0.290 e. The maximum absolute atomic E-state index is 12.3. The lowest BCUT2D eigenvalue weighted by molar-refractivity contribution is -0.131. The fourth-order valence-corrected chi connectivity index (χ4v) is 3.19. The van der Waals surface area contributed by atoms with Gasteiger partial charge in [0.25, 0.3) is 5.91 Å². The van der Waals surface area contributed by atoms with Crippen molar-refractivity contribution < 1.29 is 9.59 Å². The number of hydrogen-bond donors (Lipinski definition) is 1. The first kappa shape index (κ1) is 15.9. The van der Waals surface area contributed by atoms with E-state index >= 15 is 0 Å². The van der Waals surface area contributed by atoms with Crippen molar-refractivity contribution >= 4 is 40.7 Å². The lowest BCUT2D eigenvalue weighted by Crippen LogP contribution is -2.35. The van der Waals surface area contributed by atoms with Crippen molar-refractivity contribution in [2.45, 2.75) is 25.7 Å². The van der Waals surface area contributed by atoms with E-state index in [4.69, 9.17) is 23.2 Å². The maximum Gasteiger partial charge on any atom is 0.290 e. The number of carbonyl (C=O) groups is 2. The lowest BCUT2D eigenvalue weighted by Gasteiger charge is -2.27. The molecular weight excluding hydrogens is 315 g/mol. The number of nitroso groups, excluding NO2 is 1. The van der Waals surface area contributed by atoms with Crippen LogP contribution < -0.4 is 5.32 Å². The van der Waals surface area contributed by atoms with Crippen LogP contribution in [0, 0.1) is 16.7 Å². The zero-order valence-corrected chi connectivity index (χ0v) is 12.7. The Kier molecular flexibility index (Phi) is 5.31. The molecule has 5 nitrogen and oxygen atoms in total. The summed E-state index contributed by atoms with van der Waals surface area (Å²) in [6.45, 7) is 0. The van der Waals surface area contributed by atoms with Crippen molar-refractivity contribution in [2.24, 2.45) is 17.0 Å². The predicted octanol–water partition coefficient (Wildman–Crippen LogP) is 4.03. The van der Waals surface area contributed by atoms with E-state index in [2.05, 4.69) is 10.5 Å². The normalized spacial score (nSPS) is 21.6.